The molecule has 0 aromatic carbocycles. The summed E-state index contributed by atoms with van der Waals surface area (Å²) in [6.07, 6.45) is 3.11. The van der Waals surface area contributed by atoms with Gasteiger partial charge in [-0.25, -0.2) is 0 Å². The van der Waals surface area contributed by atoms with E-state index in [4.69, 9.17) is 9.47 Å². The Morgan fingerprint density at radius 2 is 2.06 bits per heavy atom. The van der Waals surface area contributed by atoms with Crippen LogP contribution in [0.4, 0.5) is 0 Å². The summed E-state index contributed by atoms with van der Waals surface area (Å²) >= 11 is 0. The molecule has 0 saturated heterocycles. The van der Waals surface area contributed by atoms with Crippen LogP contribution in [0.15, 0.2) is 23.5 Å². The molecule has 1 aliphatic heterocycles. The first-order chi connectivity index (χ1) is 7.52. The molecule has 4 nitrogen and oxygen atoms in total. The van der Waals surface area contributed by atoms with E-state index in [9.17, 15) is 9.59 Å². The highest BCUT2D eigenvalue weighted by Crippen LogP contribution is 2.33. The normalized spacial score (nSPS) is 24.8. The summed E-state index contributed by atoms with van der Waals surface area (Å²) < 4.78 is 10.2. The zero-order valence-electron chi connectivity index (χ0n) is 9.94. The SMILES string of the molecule is C/C=C/C1OC(C)=C(C(C)=O)C1C(=O)OC. The number of carbonyl (C=O) groups is 2. The smallest absolute Gasteiger partial charge is 0.317 e. The van der Waals surface area contributed by atoms with Crippen molar-refractivity contribution in [3.63, 3.8) is 0 Å². The predicted octanol–water partition coefficient (Wildman–Crippen LogP) is 1.61. The van der Waals surface area contributed by atoms with Gasteiger partial charge in [-0.1, -0.05) is 6.08 Å². The van der Waals surface area contributed by atoms with Gasteiger partial charge in [0.25, 0.3) is 0 Å². The van der Waals surface area contributed by atoms with E-state index in [-0.39, 0.29) is 5.78 Å². The Morgan fingerprint density at radius 1 is 1.44 bits per heavy atom. The van der Waals surface area contributed by atoms with Crippen molar-refractivity contribution in [3.05, 3.63) is 23.5 Å². The second-order valence-corrected chi connectivity index (χ2v) is 3.64. The maximum Gasteiger partial charge on any atom is 0.317 e. The van der Waals surface area contributed by atoms with Gasteiger partial charge in [0.2, 0.25) is 0 Å². The fourth-order valence-corrected chi connectivity index (χ4v) is 1.90. The Labute approximate surface area is 94.9 Å². The number of esters is 1. The van der Waals surface area contributed by atoms with Crippen molar-refractivity contribution in [1.29, 1.82) is 0 Å². The molecule has 0 aromatic rings. The van der Waals surface area contributed by atoms with E-state index in [1.54, 1.807) is 19.1 Å². The summed E-state index contributed by atoms with van der Waals surface area (Å²) in [4.78, 5) is 23.1. The third kappa shape index (κ3) is 2.15. The molecule has 0 bridgehead atoms. The highest BCUT2D eigenvalue weighted by molar-refractivity contribution is 6.00. The first kappa shape index (κ1) is 12.5. The minimum absolute atomic E-state index is 0.153. The maximum absolute atomic E-state index is 11.6. The van der Waals surface area contributed by atoms with Crippen LogP contribution in [0.25, 0.3) is 0 Å². The van der Waals surface area contributed by atoms with Gasteiger partial charge in [-0.15, -0.1) is 0 Å². The molecule has 1 rings (SSSR count). The lowest BCUT2D eigenvalue weighted by atomic mass is 9.92. The van der Waals surface area contributed by atoms with Crippen molar-refractivity contribution in [2.45, 2.75) is 26.9 Å². The van der Waals surface area contributed by atoms with Crippen LogP contribution in [0.2, 0.25) is 0 Å². The van der Waals surface area contributed by atoms with Crippen molar-refractivity contribution in [2.75, 3.05) is 7.11 Å². The van der Waals surface area contributed by atoms with Crippen molar-refractivity contribution in [2.24, 2.45) is 5.92 Å². The molecule has 0 saturated carbocycles. The molecule has 0 radical (unpaired) electrons. The van der Waals surface area contributed by atoms with Gasteiger partial charge in [-0.2, -0.15) is 0 Å². The molecule has 88 valence electrons. The number of ketones is 1. The second kappa shape index (κ2) is 4.96. The summed E-state index contributed by atoms with van der Waals surface area (Å²) in [5, 5.41) is 0. The van der Waals surface area contributed by atoms with Crippen LogP contribution < -0.4 is 0 Å². The lowest BCUT2D eigenvalue weighted by Gasteiger charge is -2.14. The summed E-state index contributed by atoms with van der Waals surface area (Å²) in [6, 6.07) is 0. The second-order valence-electron chi connectivity index (χ2n) is 3.64. The summed E-state index contributed by atoms with van der Waals surface area (Å²) in [5.74, 6) is -0.727. The average Bonchev–Trinajstić information content (AvgIpc) is 2.54. The van der Waals surface area contributed by atoms with Crippen LogP contribution in [0.1, 0.15) is 20.8 Å². The molecule has 0 N–H and O–H groups in total. The van der Waals surface area contributed by atoms with E-state index in [1.165, 1.54) is 14.0 Å². The first-order valence-electron chi connectivity index (χ1n) is 5.12. The van der Waals surface area contributed by atoms with Crippen molar-refractivity contribution < 1.29 is 19.1 Å². The molecule has 0 aromatic heterocycles. The van der Waals surface area contributed by atoms with E-state index >= 15 is 0 Å². The first-order valence-corrected chi connectivity index (χ1v) is 5.12. The zero-order valence-corrected chi connectivity index (χ0v) is 9.94. The minimum atomic E-state index is -0.640. The van der Waals surface area contributed by atoms with Crippen LogP contribution in [0.3, 0.4) is 0 Å². The molecule has 0 aliphatic carbocycles. The number of rotatable bonds is 3. The summed E-state index contributed by atoms with van der Waals surface area (Å²) in [7, 11) is 1.31. The molecule has 0 fully saturated rings. The van der Waals surface area contributed by atoms with Crippen molar-refractivity contribution >= 4 is 11.8 Å². The average molecular weight is 224 g/mol. The van der Waals surface area contributed by atoms with Gasteiger partial charge in [-0.05, 0) is 26.8 Å². The molecule has 0 spiro atoms. The molecule has 1 aliphatic rings. The van der Waals surface area contributed by atoms with Crippen LogP contribution in [-0.4, -0.2) is 25.0 Å². The molecule has 0 amide bonds. The zero-order chi connectivity index (χ0) is 12.3. The number of methoxy groups -OCH3 is 1. The summed E-state index contributed by atoms with van der Waals surface area (Å²) in [5.41, 5.74) is 0.412. The van der Waals surface area contributed by atoms with E-state index in [0.29, 0.717) is 11.3 Å². The number of ether oxygens (including phenoxy) is 2. The van der Waals surface area contributed by atoms with Gasteiger partial charge in [-0.3, -0.25) is 9.59 Å². The quantitative estimate of drug-likeness (QED) is 0.540. The lowest BCUT2D eigenvalue weighted by molar-refractivity contribution is -0.146. The fourth-order valence-electron chi connectivity index (χ4n) is 1.90. The topological polar surface area (TPSA) is 52.6 Å². The Balaban J connectivity index is 3.10. The van der Waals surface area contributed by atoms with E-state index < -0.39 is 18.0 Å². The fraction of sp³-hybridized carbons (Fsp3) is 0.500. The van der Waals surface area contributed by atoms with E-state index in [1.807, 2.05) is 6.92 Å². The largest absolute Gasteiger partial charge is 0.489 e. The molecule has 1 heterocycles. The summed E-state index contributed by atoms with van der Waals surface area (Å²) in [6.45, 7) is 4.95. The third-order valence-electron chi connectivity index (χ3n) is 2.55. The monoisotopic (exact) mass is 224 g/mol. The Hall–Kier alpha value is -1.58. The van der Waals surface area contributed by atoms with Crippen LogP contribution in [-0.2, 0) is 19.1 Å². The number of Topliss-reactive ketones (excluding diaryl/α,β-unsaturated/α-hetero) is 1. The van der Waals surface area contributed by atoms with Gasteiger partial charge in [0.1, 0.15) is 17.8 Å². The van der Waals surface area contributed by atoms with E-state index in [2.05, 4.69) is 0 Å². The van der Waals surface area contributed by atoms with Crippen LogP contribution in [0.5, 0.6) is 0 Å². The lowest BCUT2D eigenvalue weighted by Crippen LogP contribution is -2.28. The van der Waals surface area contributed by atoms with Crippen LogP contribution >= 0.6 is 0 Å². The van der Waals surface area contributed by atoms with Gasteiger partial charge >= 0.3 is 5.97 Å². The highest BCUT2D eigenvalue weighted by Gasteiger charge is 2.41. The van der Waals surface area contributed by atoms with Gasteiger partial charge in [0.05, 0.1) is 12.7 Å². The van der Waals surface area contributed by atoms with Gasteiger partial charge in [0.15, 0.2) is 5.78 Å². The molecule has 2 atom stereocenters. The van der Waals surface area contributed by atoms with E-state index in [0.717, 1.165) is 0 Å². The number of hydrogen-bond acceptors (Lipinski definition) is 4. The molecular weight excluding hydrogens is 208 g/mol. The number of carbonyl (C=O) groups excluding carboxylic acids is 2. The Kier molecular flexibility index (Phi) is 3.88. The number of hydrogen-bond donors (Lipinski definition) is 0. The number of allylic oxidation sites excluding steroid dienone is 2. The Morgan fingerprint density at radius 3 is 2.50 bits per heavy atom. The molecule has 2 unspecified atom stereocenters. The third-order valence-corrected chi connectivity index (χ3v) is 2.55. The highest BCUT2D eigenvalue weighted by atomic mass is 16.5. The predicted molar refractivity (Wildman–Crippen MR) is 58.6 cm³/mol. The molecule has 16 heavy (non-hydrogen) atoms. The van der Waals surface area contributed by atoms with Crippen molar-refractivity contribution in [3.8, 4) is 0 Å². The van der Waals surface area contributed by atoms with Crippen molar-refractivity contribution in [1.82, 2.24) is 0 Å². The molecule has 4 heteroatoms. The maximum atomic E-state index is 11.6. The molecular formula is C12H16O4. The van der Waals surface area contributed by atoms with Crippen LogP contribution in [0, 0.1) is 5.92 Å². The Bertz CT molecular complexity index is 365. The minimum Gasteiger partial charge on any atom is -0.489 e. The van der Waals surface area contributed by atoms with Gasteiger partial charge < -0.3 is 9.47 Å². The van der Waals surface area contributed by atoms with Gasteiger partial charge in [0, 0.05) is 0 Å². The standard InChI is InChI=1S/C12H16O4/c1-5-6-9-11(12(14)15-4)10(7(2)13)8(3)16-9/h5-6,9,11H,1-4H3/b6-5+.